The second kappa shape index (κ2) is 7.74. The van der Waals surface area contributed by atoms with Gasteiger partial charge in [-0.25, -0.2) is 0 Å². The first-order valence-electron chi connectivity index (χ1n) is 11.5. The van der Waals surface area contributed by atoms with E-state index in [-0.39, 0.29) is 10.1 Å². The third-order valence-electron chi connectivity index (χ3n) is 8.83. The van der Waals surface area contributed by atoms with Gasteiger partial charge in [0.15, 0.2) is 12.3 Å². The van der Waals surface area contributed by atoms with Crippen LogP contribution in [0, 0.1) is 10.4 Å². The fourth-order valence-corrected chi connectivity index (χ4v) is 4.71. The van der Waals surface area contributed by atoms with Gasteiger partial charge in [-0.2, -0.15) is 0 Å². The number of nitrogens with one attached hydrogen (secondary N) is 2. The van der Waals surface area contributed by atoms with Gasteiger partial charge in [-0.05, 0) is 79.7 Å². The van der Waals surface area contributed by atoms with Crippen molar-refractivity contribution in [1.29, 1.82) is 0 Å². The number of quaternary nitrogens is 2. The smallest absolute Gasteiger partial charge is 0.197 e. The SMILES string of the molecule is CC1(C)N([O])C(c2ccc(-c3ccc(C4N([O])C(C)(C)C(C)(C)[NH+]4[O-])cn3)nc2)[NH+]([O-])C1(C)C. The number of aromatic nitrogens is 2. The molecule has 2 radical (unpaired) electrons. The Labute approximate surface area is 200 Å². The zero-order valence-corrected chi connectivity index (χ0v) is 21.0. The summed E-state index contributed by atoms with van der Waals surface area (Å²) in [7, 11) is 0. The predicted molar refractivity (Wildman–Crippen MR) is 123 cm³/mol. The van der Waals surface area contributed by atoms with Crippen LogP contribution in [-0.4, -0.2) is 42.3 Å². The van der Waals surface area contributed by atoms with Gasteiger partial charge in [-0.3, -0.25) is 9.97 Å². The maximum absolute atomic E-state index is 13.0. The van der Waals surface area contributed by atoms with Crippen LogP contribution in [0.1, 0.15) is 78.8 Å². The van der Waals surface area contributed by atoms with E-state index in [1.807, 2.05) is 0 Å². The Morgan fingerprint density at radius 1 is 0.676 bits per heavy atom. The van der Waals surface area contributed by atoms with Crippen LogP contribution < -0.4 is 10.1 Å². The largest absolute Gasteiger partial charge is 0.632 e. The summed E-state index contributed by atoms with van der Waals surface area (Å²) >= 11 is 0. The molecule has 2 aromatic rings. The summed E-state index contributed by atoms with van der Waals surface area (Å²) in [4.78, 5) is 8.88. The number of hydrogen-bond acceptors (Lipinski definition) is 6. The molecule has 0 bridgehead atoms. The molecule has 2 aromatic heterocycles. The lowest BCUT2D eigenvalue weighted by atomic mass is 9.84. The van der Waals surface area contributed by atoms with Gasteiger partial charge >= 0.3 is 0 Å². The highest BCUT2D eigenvalue weighted by Gasteiger charge is 2.61. The number of nitrogens with zero attached hydrogens (tertiary/aromatic N) is 4. The molecule has 4 rings (SSSR count). The number of pyridine rings is 2. The Hall–Kier alpha value is -2.02. The summed E-state index contributed by atoms with van der Waals surface area (Å²) in [5, 5.41) is 53.3. The monoisotopic (exact) mass is 470 g/mol. The van der Waals surface area contributed by atoms with Gasteiger partial charge in [-0.15, -0.1) is 10.4 Å². The highest BCUT2D eigenvalue weighted by Crippen LogP contribution is 2.38. The molecule has 0 amide bonds. The van der Waals surface area contributed by atoms with E-state index in [0.717, 1.165) is 10.1 Å². The van der Waals surface area contributed by atoms with Crippen LogP contribution in [0.15, 0.2) is 36.7 Å². The molecule has 10 heteroatoms. The lowest BCUT2D eigenvalue weighted by Crippen LogP contribution is -3.14. The molecule has 2 aliphatic heterocycles. The van der Waals surface area contributed by atoms with Crippen LogP contribution in [0.5, 0.6) is 0 Å². The van der Waals surface area contributed by atoms with Gasteiger partial charge in [0, 0.05) is 23.5 Å². The van der Waals surface area contributed by atoms with Crippen LogP contribution in [-0.2, 0) is 10.4 Å². The van der Waals surface area contributed by atoms with E-state index < -0.39 is 34.5 Å². The quantitative estimate of drug-likeness (QED) is 0.652. The molecule has 0 saturated carbocycles. The van der Waals surface area contributed by atoms with Crippen molar-refractivity contribution >= 4 is 0 Å². The van der Waals surface area contributed by atoms with Gasteiger partial charge in [0.2, 0.25) is 0 Å². The van der Waals surface area contributed by atoms with Gasteiger partial charge in [0.1, 0.15) is 22.2 Å². The fourth-order valence-electron chi connectivity index (χ4n) is 4.71. The third kappa shape index (κ3) is 3.25. The van der Waals surface area contributed by atoms with Crippen molar-refractivity contribution in [3.63, 3.8) is 0 Å². The summed E-state index contributed by atoms with van der Waals surface area (Å²) in [5.41, 5.74) is -1.02. The molecule has 2 aliphatic rings. The van der Waals surface area contributed by atoms with Gasteiger partial charge < -0.3 is 20.5 Å². The van der Waals surface area contributed by atoms with E-state index in [0.29, 0.717) is 22.5 Å². The first-order valence-corrected chi connectivity index (χ1v) is 11.5. The molecule has 2 saturated heterocycles. The van der Waals surface area contributed by atoms with Crippen molar-refractivity contribution in [3.8, 4) is 11.4 Å². The molecule has 0 spiro atoms. The molecule has 2 fully saturated rings. The molecule has 2 N–H and O–H groups in total. The van der Waals surface area contributed by atoms with Crippen molar-refractivity contribution in [2.24, 2.45) is 0 Å². The molecule has 0 aliphatic carbocycles. The Morgan fingerprint density at radius 2 is 1.00 bits per heavy atom. The zero-order chi connectivity index (χ0) is 25.4. The molecule has 184 valence electrons. The van der Waals surface area contributed by atoms with Gasteiger partial charge in [-0.1, -0.05) is 10.1 Å². The van der Waals surface area contributed by atoms with E-state index in [9.17, 15) is 20.8 Å². The molecule has 4 heterocycles. The molecular weight excluding hydrogens is 436 g/mol. The molecule has 4 atom stereocenters. The molecule has 0 aromatic carbocycles. The Kier molecular flexibility index (Phi) is 5.71. The summed E-state index contributed by atoms with van der Waals surface area (Å²) in [6.45, 7) is 14.3. The third-order valence-corrected chi connectivity index (χ3v) is 8.83. The van der Waals surface area contributed by atoms with Crippen molar-refractivity contribution in [1.82, 2.24) is 20.1 Å². The Morgan fingerprint density at radius 3 is 1.21 bits per heavy atom. The highest BCUT2D eigenvalue weighted by molar-refractivity contribution is 5.54. The van der Waals surface area contributed by atoms with E-state index in [1.165, 1.54) is 0 Å². The first-order chi connectivity index (χ1) is 15.6. The van der Waals surface area contributed by atoms with Crippen LogP contribution in [0.2, 0.25) is 0 Å². The van der Waals surface area contributed by atoms with Crippen molar-refractivity contribution in [2.75, 3.05) is 0 Å². The summed E-state index contributed by atoms with van der Waals surface area (Å²) in [6, 6.07) is 6.91. The minimum atomic E-state index is -0.898. The van der Waals surface area contributed by atoms with E-state index in [4.69, 9.17) is 0 Å². The van der Waals surface area contributed by atoms with Gasteiger partial charge in [0.05, 0.1) is 11.4 Å². The normalized spacial score (nSPS) is 32.2. The number of hydrogen-bond donors (Lipinski definition) is 2. The predicted octanol–water partition coefficient (Wildman–Crippen LogP) is 1.34. The molecule has 4 unspecified atom stereocenters. The minimum absolute atomic E-state index is 0.126. The van der Waals surface area contributed by atoms with Gasteiger partial charge in [0.25, 0.3) is 0 Å². The maximum atomic E-state index is 13.0. The van der Waals surface area contributed by atoms with E-state index >= 15 is 0 Å². The second-order valence-corrected chi connectivity index (χ2v) is 11.5. The number of rotatable bonds is 3. The molecular formula is C24H34N6O4. The average molecular weight is 471 g/mol. The second-order valence-electron chi connectivity index (χ2n) is 11.5. The molecule has 34 heavy (non-hydrogen) atoms. The van der Waals surface area contributed by atoms with Crippen LogP contribution in [0.4, 0.5) is 0 Å². The standard InChI is InChI=1S/C24H34N6O4/c1-21(2)22(3,4)28(32)19(27(21)31)15-9-11-17(25-13-15)18-12-10-16(14-26-18)20-29(33)23(5,6)24(7,8)30(20)34/h9-14,19-20,27,29H,1-8H3. The lowest BCUT2D eigenvalue weighted by molar-refractivity contribution is -0.926. The van der Waals surface area contributed by atoms with Crippen LogP contribution in [0.25, 0.3) is 11.4 Å². The van der Waals surface area contributed by atoms with E-state index in [2.05, 4.69) is 9.97 Å². The Balaban J connectivity index is 1.57. The van der Waals surface area contributed by atoms with Crippen molar-refractivity contribution < 1.29 is 20.5 Å². The summed E-state index contributed by atoms with van der Waals surface area (Å²) < 4.78 is 0. The van der Waals surface area contributed by atoms with E-state index in [1.54, 1.807) is 92.0 Å². The van der Waals surface area contributed by atoms with Crippen LogP contribution >= 0.6 is 0 Å². The highest BCUT2D eigenvalue weighted by atomic mass is 16.6. The maximum Gasteiger partial charge on any atom is 0.197 e. The van der Waals surface area contributed by atoms with Crippen molar-refractivity contribution in [2.45, 2.75) is 89.9 Å². The first kappa shape index (κ1) is 25.1. The topological polar surface area (TPSA) is 127 Å². The van der Waals surface area contributed by atoms with Crippen LogP contribution in [0.3, 0.4) is 0 Å². The fraction of sp³-hybridized carbons (Fsp3) is 0.583. The molecule has 10 nitrogen and oxygen atoms in total. The van der Waals surface area contributed by atoms with Crippen molar-refractivity contribution in [3.05, 3.63) is 58.2 Å². The average Bonchev–Trinajstić information content (AvgIpc) is 2.98. The Bertz CT molecular complexity index is 929. The minimum Gasteiger partial charge on any atom is -0.632 e. The summed E-state index contributed by atoms with van der Waals surface area (Å²) in [5.74, 6) is 0. The zero-order valence-electron chi connectivity index (χ0n) is 21.0. The summed E-state index contributed by atoms with van der Waals surface area (Å²) in [6.07, 6.45) is 1.29. The lowest BCUT2D eigenvalue weighted by Gasteiger charge is -2.38. The number of hydroxylamine groups is 8.